The van der Waals surface area contributed by atoms with Crippen LogP contribution in [-0.2, 0) is 11.3 Å². The predicted molar refractivity (Wildman–Crippen MR) is 103 cm³/mol. The molecule has 3 heterocycles. The van der Waals surface area contributed by atoms with Crippen molar-refractivity contribution < 1.29 is 9.53 Å². The van der Waals surface area contributed by atoms with Crippen LogP contribution in [0.25, 0.3) is 10.9 Å². The molecule has 8 heteroatoms. The fraction of sp³-hybridized carbons (Fsp3) is 0.350. The Morgan fingerprint density at radius 1 is 1.21 bits per heavy atom. The topological polar surface area (TPSA) is 90.2 Å². The first-order valence-electron chi connectivity index (χ1n) is 9.29. The molecule has 0 bridgehead atoms. The zero-order valence-electron chi connectivity index (χ0n) is 15.6. The molecular formula is C20H21N5O3. The number of para-hydroxylation sites is 1. The van der Waals surface area contributed by atoms with Crippen molar-refractivity contribution in [3.8, 4) is 5.88 Å². The summed E-state index contributed by atoms with van der Waals surface area (Å²) < 4.78 is 7.30. The zero-order valence-corrected chi connectivity index (χ0v) is 15.6. The summed E-state index contributed by atoms with van der Waals surface area (Å²) in [5.74, 6) is 0.472. The molecule has 3 aromatic rings. The van der Waals surface area contributed by atoms with Gasteiger partial charge in [0, 0.05) is 32.0 Å². The molecule has 1 atom stereocenters. The van der Waals surface area contributed by atoms with Crippen LogP contribution < -0.4 is 10.3 Å². The monoisotopic (exact) mass is 379 g/mol. The van der Waals surface area contributed by atoms with Gasteiger partial charge in [0.15, 0.2) is 0 Å². The highest BCUT2D eigenvalue weighted by atomic mass is 16.5. The van der Waals surface area contributed by atoms with E-state index >= 15 is 0 Å². The van der Waals surface area contributed by atoms with Gasteiger partial charge in [-0.3, -0.25) is 14.2 Å². The molecule has 0 aliphatic carbocycles. The molecule has 1 aromatic carbocycles. The van der Waals surface area contributed by atoms with Gasteiger partial charge in [0.05, 0.1) is 29.5 Å². The highest BCUT2D eigenvalue weighted by molar-refractivity contribution is 5.77. The highest BCUT2D eigenvalue weighted by Gasteiger charge is 2.27. The summed E-state index contributed by atoms with van der Waals surface area (Å²) in [6, 6.07) is 10.8. The van der Waals surface area contributed by atoms with Crippen molar-refractivity contribution in [1.82, 2.24) is 24.6 Å². The number of nitrogens with zero attached hydrogens (tertiary/aromatic N) is 5. The molecule has 1 aliphatic heterocycles. The number of hydrogen-bond donors (Lipinski definition) is 0. The molecule has 0 radical (unpaired) electrons. The Morgan fingerprint density at radius 2 is 2.07 bits per heavy atom. The number of aromatic nitrogens is 4. The molecule has 1 fully saturated rings. The second kappa shape index (κ2) is 7.75. The normalized spacial score (nSPS) is 16.5. The summed E-state index contributed by atoms with van der Waals surface area (Å²) in [4.78, 5) is 31.1. The molecule has 1 saturated heterocycles. The number of hydrogen-bond acceptors (Lipinski definition) is 6. The van der Waals surface area contributed by atoms with Gasteiger partial charge in [-0.05, 0) is 25.1 Å². The average molecular weight is 379 g/mol. The molecule has 1 amide bonds. The largest absolute Gasteiger partial charge is 0.471 e. The predicted octanol–water partition coefficient (Wildman–Crippen LogP) is 1.56. The highest BCUT2D eigenvalue weighted by Crippen LogP contribution is 2.17. The van der Waals surface area contributed by atoms with Crippen molar-refractivity contribution in [3.63, 3.8) is 0 Å². The maximum Gasteiger partial charge on any atom is 0.261 e. The standard InChI is InChI=1S/C20H21N5O3/c1-14-6-7-18(23-22-14)28-15-8-10-24(12-15)19(26)9-11-25-13-21-17-5-3-2-4-16(17)20(25)27/h2-7,13,15H,8-12H2,1H3. The number of aryl methyl sites for hydroxylation is 2. The van der Waals surface area contributed by atoms with E-state index in [4.69, 9.17) is 4.74 Å². The van der Waals surface area contributed by atoms with Gasteiger partial charge in [-0.15, -0.1) is 5.10 Å². The molecule has 2 aromatic heterocycles. The van der Waals surface area contributed by atoms with Crippen LogP contribution in [0, 0.1) is 6.92 Å². The third kappa shape index (κ3) is 3.85. The van der Waals surface area contributed by atoms with Crippen molar-refractivity contribution in [2.45, 2.75) is 32.4 Å². The van der Waals surface area contributed by atoms with Crippen LogP contribution in [0.15, 0.2) is 47.5 Å². The minimum atomic E-state index is -0.126. The van der Waals surface area contributed by atoms with Crippen LogP contribution >= 0.6 is 0 Å². The number of carbonyl (C=O) groups is 1. The molecule has 1 aliphatic rings. The van der Waals surface area contributed by atoms with Gasteiger partial charge < -0.3 is 9.64 Å². The number of carbonyl (C=O) groups excluding carboxylic acids is 1. The minimum Gasteiger partial charge on any atom is -0.471 e. The molecule has 144 valence electrons. The quantitative estimate of drug-likeness (QED) is 0.668. The molecule has 0 spiro atoms. The van der Waals surface area contributed by atoms with Crippen LogP contribution in [0.4, 0.5) is 0 Å². The van der Waals surface area contributed by atoms with E-state index in [-0.39, 0.29) is 24.0 Å². The summed E-state index contributed by atoms with van der Waals surface area (Å²) >= 11 is 0. The first-order valence-corrected chi connectivity index (χ1v) is 9.29. The number of likely N-dealkylation sites (tertiary alicyclic amines) is 1. The maximum absolute atomic E-state index is 12.5. The Balaban J connectivity index is 1.34. The second-order valence-electron chi connectivity index (χ2n) is 6.89. The van der Waals surface area contributed by atoms with E-state index in [9.17, 15) is 9.59 Å². The lowest BCUT2D eigenvalue weighted by Gasteiger charge is -2.17. The Bertz CT molecular complexity index is 1050. The van der Waals surface area contributed by atoms with E-state index < -0.39 is 0 Å². The molecular weight excluding hydrogens is 358 g/mol. The number of ether oxygens (including phenoxy) is 1. The third-order valence-electron chi connectivity index (χ3n) is 4.86. The van der Waals surface area contributed by atoms with Gasteiger partial charge >= 0.3 is 0 Å². The summed E-state index contributed by atoms with van der Waals surface area (Å²) in [5.41, 5.74) is 1.36. The number of benzene rings is 1. The van der Waals surface area contributed by atoms with E-state index in [0.717, 1.165) is 12.1 Å². The van der Waals surface area contributed by atoms with Gasteiger partial charge in [0.25, 0.3) is 5.56 Å². The smallest absolute Gasteiger partial charge is 0.261 e. The Labute approximate surface area is 161 Å². The van der Waals surface area contributed by atoms with Crippen LogP contribution in [0.5, 0.6) is 5.88 Å². The molecule has 0 saturated carbocycles. The lowest BCUT2D eigenvalue weighted by atomic mass is 10.2. The first-order chi connectivity index (χ1) is 13.6. The van der Waals surface area contributed by atoms with Crippen molar-refractivity contribution >= 4 is 16.8 Å². The van der Waals surface area contributed by atoms with Gasteiger partial charge in [0.1, 0.15) is 6.10 Å². The van der Waals surface area contributed by atoms with Gasteiger partial charge in [-0.25, -0.2) is 4.98 Å². The van der Waals surface area contributed by atoms with E-state index in [1.165, 1.54) is 10.9 Å². The average Bonchev–Trinajstić information content (AvgIpc) is 3.18. The molecule has 0 N–H and O–H groups in total. The van der Waals surface area contributed by atoms with E-state index in [1.807, 2.05) is 25.1 Å². The summed E-state index contributed by atoms with van der Waals surface area (Å²) in [6.07, 6.45) is 2.41. The minimum absolute atomic E-state index is 0.00106. The van der Waals surface area contributed by atoms with Crippen molar-refractivity contribution in [1.29, 1.82) is 0 Å². The Kier molecular flexibility index (Phi) is 5.01. The van der Waals surface area contributed by atoms with E-state index in [2.05, 4.69) is 15.2 Å². The van der Waals surface area contributed by atoms with Gasteiger partial charge in [-0.2, -0.15) is 5.10 Å². The summed E-state index contributed by atoms with van der Waals surface area (Å²) in [5, 5.41) is 8.54. The van der Waals surface area contributed by atoms with Crippen molar-refractivity contribution in [2.24, 2.45) is 0 Å². The lowest BCUT2D eigenvalue weighted by Crippen LogP contribution is -2.32. The SMILES string of the molecule is Cc1ccc(OC2CCN(C(=O)CCn3cnc4ccccc4c3=O)C2)nn1. The Morgan fingerprint density at radius 3 is 2.89 bits per heavy atom. The fourth-order valence-corrected chi connectivity index (χ4v) is 3.31. The molecule has 8 nitrogen and oxygen atoms in total. The van der Waals surface area contributed by atoms with Crippen LogP contribution in [0.3, 0.4) is 0 Å². The van der Waals surface area contributed by atoms with Crippen LogP contribution in [0.2, 0.25) is 0 Å². The molecule has 4 rings (SSSR count). The maximum atomic E-state index is 12.5. The third-order valence-corrected chi connectivity index (χ3v) is 4.86. The summed E-state index contributed by atoms with van der Waals surface area (Å²) in [6.45, 7) is 3.32. The van der Waals surface area contributed by atoms with E-state index in [1.54, 1.807) is 23.1 Å². The lowest BCUT2D eigenvalue weighted by molar-refractivity contribution is -0.130. The van der Waals surface area contributed by atoms with Crippen LogP contribution in [0.1, 0.15) is 18.5 Å². The van der Waals surface area contributed by atoms with Crippen LogP contribution in [-0.4, -0.2) is 49.7 Å². The zero-order chi connectivity index (χ0) is 19.5. The van der Waals surface area contributed by atoms with Crippen molar-refractivity contribution in [3.05, 3.63) is 58.8 Å². The second-order valence-corrected chi connectivity index (χ2v) is 6.89. The fourth-order valence-electron chi connectivity index (χ4n) is 3.31. The number of rotatable bonds is 5. The molecule has 1 unspecified atom stereocenters. The van der Waals surface area contributed by atoms with Crippen molar-refractivity contribution in [2.75, 3.05) is 13.1 Å². The first kappa shape index (κ1) is 18.1. The Hall–Kier alpha value is -3.29. The number of amides is 1. The van der Waals surface area contributed by atoms with Gasteiger partial charge in [0.2, 0.25) is 11.8 Å². The number of fused-ring (bicyclic) bond motifs is 1. The summed E-state index contributed by atoms with van der Waals surface area (Å²) in [7, 11) is 0. The van der Waals surface area contributed by atoms with Gasteiger partial charge in [-0.1, -0.05) is 12.1 Å². The molecule has 28 heavy (non-hydrogen) atoms. The van der Waals surface area contributed by atoms with E-state index in [0.29, 0.717) is 36.4 Å².